The maximum Gasteiger partial charge on any atom is 0.266 e. The first kappa shape index (κ1) is 16.5. The molecule has 0 fully saturated rings. The number of halogens is 1. The van der Waals surface area contributed by atoms with Crippen LogP contribution >= 0.6 is 11.6 Å². The van der Waals surface area contributed by atoms with Gasteiger partial charge < -0.3 is 0 Å². The Labute approximate surface area is 145 Å². The van der Waals surface area contributed by atoms with Crippen molar-refractivity contribution in [3.05, 3.63) is 65.4 Å². The number of anilines is 1. The fourth-order valence-electron chi connectivity index (χ4n) is 2.55. The molecule has 0 aliphatic carbocycles. The third-order valence-corrected chi connectivity index (χ3v) is 5.69. The molecule has 0 amide bonds. The quantitative estimate of drug-likeness (QED) is 0.767. The topological polar surface area (TPSA) is 64.0 Å². The van der Waals surface area contributed by atoms with E-state index in [-0.39, 0.29) is 10.0 Å². The monoisotopic (exact) mass is 361 g/mol. The highest BCUT2D eigenvalue weighted by Gasteiger charge is 2.26. The van der Waals surface area contributed by atoms with E-state index in [0.29, 0.717) is 11.4 Å². The van der Waals surface area contributed by atoms with Crippen LogP contribution in [0.2, 0.25) is 5.15 Å². The van der Waals surface area contributed by atoms with Gasteiger partial charge >= 0.3 is 0 Å². The summed E-state index contributed by atoms with van der Waals surface area (Å²) in [6.07, 6.45) is 0. The molecule has 0 aliphatic rings. The Hall–Kier alpha value is -2.31. The minimum Gasteiger partial charge on any atom is -0.279 e. The van der Waals surface area contributed by atoms with Crippen molar-refractivity contribution in [2.24, 2.45) is 7.05 Å². The van der Waals surface area contributed by atoms with E-state index in [1.807, 2.05) is 42.5 Å². The summed E-state index contributed by atoms with van der Waals surface area (Å²) in [5, 5.41) is 4.15. The van der Waals surface area contributed by atoms with Crippen LogP contribution < -0.4 is 4.72 Å². The maximum absolute atomic E-state index is 12.8. The third kappa shape index (κ3) is 3.02. The Morgan fingerprint density at radius 1 is 1.04 bits per heavy atom. The van der Waals surface area contributed by atoms with Crippen LogP contribution in [-0.4, -0.2) is 18.2 Å². The van der Waals surface area contributed by atoms with Crippen molar-refractivity contribution in [1.82, 2.24) is 9.78 Å². The van der Waals surface area contributed by atoms with Gasteiger partial charge in [-0.05, 0) is 18.6 Å². The summed E-state index contributed by atoms with van der Waals surface area (Å²) in [5.74, 6) is 0. The van der Waals surface area contributed by atoms with Gasteiger partial charge in [-0.15, -0.1) is 0 Å². The summed E-state index contributed by atoms with van der Waals surface area (Å²) < 4.78 is 29.6. The van der Waals surface area contributed by atoms with E-state index in [4.69, 9.17) is 11.6 Å². The van der Waals surface area contributed by atoms with Gasteiger partial charge in [0.05, 0.1) is 11.4 Å². The highest BCUT2D eigenvalue weighted by Crippen LogP contribution is 2.31. The molecule has 3 aromatic rings. The van der Waals surface area contributed by atoms with Crippen molar-refractivity contribution in [3.8, 4) is 11.1 Å². The van der Waals surface area contributed by atoms with E-state index in [2.05, 4.69) is 9.82 Å². The first-order valence-corrected chi connectivity index (χ1v) is 9.12. The fourth-order valence-corrected chi connectivity index (χ4v) is 4.39. The van der Waals surface area contributed by atoms with E-state index >= 15 is 0 Å². The van der Waals surface area contributed by atoms with Gasteiger partial charge in [-0.25, -0.2) is 8.42 Å². The predicted molar refractivity (Wildman–Crippen MR) is 95.6 cm³/mol. The largest absolute Gasteiger partial charge is 0.279 e. The minimum atomic E-state index is -3.85. The van der Waals surface area contributed by atoms with Crippen LogP contribution in [0.15, 0.2) is 59.5 Å². The highest BCUT2D eigenvalue weighted by molar-refractivity contribution is 7.93. The Morgan fingerprint density at radius 3 is 2.29 bits per heavy atom. The molecule has 0 aliphatic heterocycles. The molecule has 1 aromatic heterocycles. The number of sulfonamides is 1. The molecule has 5 nitrogen and oxygen atoms in total. The SMILES string of the molecule is Cc1nn(C)c(Cl)c1S(=O)(=O)Nc1ccccc1-c1ccccc1. The van der Waals surface area contributed by atoms with Crippen LogP contribution in [-0.2, 0) is 17.1 Å². The number of para-hydroxylation sites is 1. The van der Waals surface area contributed by atoms with Gasteiger partial charge in [0.2, 0.25) is 0 Å². The predicted octanol–water partition coefficient (Wildman–Crippen LogP) is 3.85. The van der Waals surface area contributed by atoms with Gasteiger partial charge in [0, 0.05) is 12.6 Å². The van der Waals surface area contributed by atoms with Crippen LogP contribution in [0, 0.1) is 6.92 Å². The lowest BCUT2D eigenvalue weighted by Crippen LogP contribution is -2.14. The lowest BCUT2D eigenvalue weighted by atomic mass is 10.0. The van der Waals surface area contributed by atoms with Gasteiger partial charge in [0.15, 0.2) is 0 Å². The number of benzene rings is 2. The van der Waals surface area contributed by atoms with Crippen LogP contribution in [0.3, 0.4) is 0 Å². The summed E-state index contributed by atoms with van der Waals surface area (Å²) in [4.78, 5) is -0.00506. The zero-order valence-corrected chi connectivity index (χ0v) is 14.8. The second kappa shape index (κ2) is 6.30. The second-order valence-electron chi connectivity index (χ2n) is 5.35. The van der Waals surface area contributed by atoms with E-state index in [1.165, 1.54) is 4.68 Å². The van der Waals surface area contributed by atoms with Gasteiger partial charge in [0.1, 0.15) is 10.0 Å². The first-order valence-electron chi connectivity index (χ1n) is 7.26. The molecular weight excluding hydrogens is 346 g/mol. The lowest BCUT2D eigenvalue weighted by Gasteiger charge is -2.12. The van der Waals surface area contributed by atoms with Gasteiger partial charge in [-0.1, -0.05) is 60.1 Å². The molecule has 1 N–H and O–H groups in total. The number of aryl methyl sites for hydroxylation is 2. The van der Waals surface area contributed by atoms with Crippen molar-refractivity contribution >= 4 is 27.3 Å². The summed E-state index contributed by atoms with van der Waals surface area (Å²) in [5.41, 5.74) is 2.55. The van der Waals surface area contributed by atoms with Crippen LogP contribution in [0.5, 0.6) is 0 Å². The first-order chi connectivity index (χ1) is 11.4. The molecule has 0 saturated carbocycles. The Balaban J connectivity index is 2.06. The smallest absolute Gasteiger partial charge is 0.266 e. The van der Waals surface area contributed by atoms with Crippen molar-refractivity contribution in [1.29, 1.82) is 0 Å². The van der Waals surface area contributed by atoms with Crippen molar-refractivity contribution in [2.75, 3.05) is 4.72 Å². The molecule has 7 heteroatoms. The molecule has 0 unspecified atom stereocenters. The molecule has 3 rings (SSSR count). The van der Waals surface area contributed by atoms with E-state index in [9.17, 15) is 8.42 Å². The Morgan fingerprint density at radius 2 is 1.67 bits per heavy atom. The zero-order chi connectivity index (χ0) is 17.3. The van der Waals surface area contributed by atoms with Crippen molar-refractivity contribution in [3.63, 3.8) is 0 Å². The minimum absolute atomic E-state index is 0.00506. The summed E-state index contributed by atoms with van der Waals surface area (Å²) in [6, 6.07) is 16.8. The molecule has 0 atom stereocenters. The van der Waals surface area contributed by atoms with Crippen molar-refractivity contribution in [2.45, 2.75) is 11.8 Å². The maximum atomic E-state index is 12.8. The van der Waals surface area contributed by atoms with E-state index in [0.717, 1.165) is 11.1 Å². The Kier molecular flexibility index (Phi) is 4.34. The molecule has 2 aromatic carbocycles. The summed E-state index contributed by atoms with van der Waals surface area (Å²) in [6.45, 7) is 1.61. The number of rotatable bonds is 4. The molecule has 24 heavy (non-hydrogen) atoms. The molecule has 0 radical (unpaired) electrons. The van der Waals surface area contributed by atoms with Crippen LogP contribution in [0.1, 0.15) is 5.69 Å². The van der Waals surface area contributed by atoms with Gasteiger partial charge in [-0.2, -0.15) is 5.10 Å². The fraction of sp³-hybridized carbons (Fsp3) is 0.118. The normalized spacial score (nSPS) is 11.5. The number of nitrogens with zero attached hydrogens (tertiary/aromatic N) is 2. The standard InChI is InChI=1S/C17H16ClN3O2S/c1-12-16(17(18)21(2)19-12)24(22,23)20-15-11-7-6-10-14(15)13-8-4-3-5-9-13/h3-11,20H,1-2H3. The van der Waals surface area contributed by atoms with Gasteiger partial charge in [-0.3, -0.25) is 9.40 Å². The highest BCUT2D eigenvalue weighted by atomic mass is 35.5. The average molecular weight is 362 g/mol. The lowest BCUT2D eigenvalue weighted by molar-refractivity contribution is 0.600. The second-order valence-corrected chi connectivity index (χ2v) is 7.32. The van der Waals surface area contributed by atoms with E-state index < -0.39 is 10.0 Å². The average Bonchev–Trinajstić information content (AvgIpc) is 2.81. The summed E-state index contributed by atoms with van der Waals surface area (Å²) in [7, 11) is -2.25. The van der Waals surface area contributed by atoms with Gasteiger partial charge in [0.25, 0.3) is 10.0 Å². The molecular formula is C17H16ClN3O2S. The molecule has 124 valence electrons. The summed E-state index contributed by atoms with van der Waals surface area (Å²) >= 11 is 6.10. The zero-order valence-electron chi connectivity index (χ0n) is 13.2. The van der Waals surface area contributed by atoms with Crippen LogP contribution in [0.25, 0.3) is 11.1 Å². The molecule has 0 bridgehead atoms. The number of nitrogens with one attached hydrogen (secondary N) is 1. The molecule has 0 saturated heterocycles. The Bertz CT molecular complexity index is 982. The number of hydrogen-bond acceptors (Lipinski definition) is 3. The number of hydrogen-bond donors (Lipinski definition) is 1. The third-order valence-electron chi connectivity index (χ3n) is 3.62. The molecule has 0 spiro atoms. The van der Waals surface area contributed by atoms with Crippen LogP contribution in [0.4, 0.5) is 5.69 Å². The number of aromatic nitrogens is 2. The van der Waals surface area contributed by atoms with E-state index in [1.54, 1.807) is 26.1 Å². The van der Waals surface area contributed by atoms with Crippen molar-refractivity contribution < 1.29 is 8.42 Å². The molecule has 1 heterocycles.